The minimum atomic E-state index is -0.0717. The van der Waals surface area contributed by atoms with Gasteiger partial charge in [-0.3, -0.25) is 9.69 Å². The summed E-state index contributed by atoms with van der Waals surface area (Å²) in [5.74, 6) is 0.976. The van der Waals surface area contributed by atoms with Crippen LogP contribution in [0.1, 0.15) is 11.1 Å². The molecule has 3 heterocycles. The summed E-state index contributed by atoms with van der Waals surface area (Å²) in [5, 5.41) is 3.36. The van der Waals surface area contributed by atoms with Crippen LogP contribution in [0.3, 0.4) is 0 Å². The third-order valence-corrected chi connectivity index (χ3v) is 5.37. The van der Waals surface area contributed by atoms with Gasteiger partial charge in [0, 0.05) is 50.8 Å². The van der Waals surface area contributed by atoms with Crippen LogP contribution in [0.4, 0.5) is 11.5 Å². The lowest BCUT2D eigenvalue weighted by Gasteiger charge is -2.35. The fourth-order valence-electron chi connectivity index (χ4n) is 3.53. The van der Waals surface area contributed by atoms with Crippen molar-refractivity contribution in [3.8, 4) is 0 Å². The van der Waals surface area contributed by atoms with Crippen LogP contribution in [0.25, 0.3) is 0 Å². The van der Waals surface area contributed by atoms with Gasteiger partial charge in [-0.25, -0.2) is 9.97 Å². The number of hydrogen-bond donors (Lipinski definition) is 1. The first kappa shape index (κ1) is 20.3. The van der Waals surface area contributed by atoms with Crippen molar-refractivity contribution in [2.24, 2.45) is 0 Å². The van der Waals surface area contributed by atoms with Gasteiger partial charge in [-0.2, -0.15) is 0 Å². The van der Waals surface area contributed by atoms with Gasteiger partial charge in [-0.05, 0) is 41.5 Å². The van der Waals surface area contributed by atoms with Crippen LogP contribution < -0.4 is 10.2 Å². The van der Waals surface area contributed by atoms with Gasteiger partial charge in [-0.1, -0.05) is 35.9 Å². The smallest absolute Gasteiger partial charge is 0.228 e. The summed E-state index contributed by atoms with van der Waals surface area (Å²) in [5.41, 5.74) is 2.87. The normalized spacial score (nSPS) is 14.5. The standard InChI is InChI=1S/C23H24ClN5O/c24-21-9-6-19(16-26-21)15-23(30)27-20-7-4-18(5-8-20)17-28-11-13-29(14-12-28)22-3-1-2-10-25-22/h1-10,16H,11-15,17H2,(H,27,30). The predicted octanol–water partition coefficient (Wildman–Crippen LogP) is 3.63. The minimum Gasteiger partial charge on any atom is -0.354 e. The fraction of sp³-hybridized carbons (Fsp3) is 0.261. The van der Waals surface area contributed by atoms with E-state index in [1.165, 1.54) is 5.56 Å². The molecule has 0 saturated carbocycles. The monoisotopic (exact) mass is 421 g/mol. The molecule has 1 fully saturated rings. The molecule has 1 aliphatic rings. The lowest BCUT2D eigenvalue weighted by atomic mass is 10.1. The van der Waals surface area contributed by atoms with Crippen molar-refractivity contribution in [1.82, 2.24) is 14.9 Å². The number of piperazine rings is 1. The number of benzene rings is 1. The van der Waals surface area contributed by atoms with Crippen molar-refractivity contribution >= 4 is 29.0 Å². The summed E-state index contributed by atoms with van der Waals surface area (Å²) >= 11 is 5.78. The summed E-state index contributed by atoms with van der Waals surface area (Å²) in [6.45, 7) is 4.87. The molecule has 30 heavy (non-hydrogen) atoms. The Morgan fingerprint density at radius 3 is 2.37 bits per heavy atom. The number of nitrogens with zero attached hydrogens (tertiary/aromatic N) is 4. The number of amides is 1. The lowest BCUT2D eigenvalue weighted by molar-refractivity contribution is -0.115. The maximum atomic E-state index is 12.2. The van der Waals surface area contributed by atoms with Gasteiger partial charge in [0.15, 0.2) is 0 Å². The topological polar surface area (TPSA) is 61.4 Å². The number of halogens is 1. The largest absolute Gasteiger partial charge is 0.354 e. The molecule has 1 N–H and O–H groups in total. The lowest BCUT2D eigenvalue weighted by Crippen LogP contribution is -2.46. The highest BCUT2D eigenvalue weighted by Gasteiger charge is 2.17. The van der Waals surface area contributed by atoms with Crippen LogP contribution in [0, 0.1) is 0 Å². The minimum absolute atomic E-state index is 0.0717. The van der Waals surface area contributed by atoms with Gasteiger partial charge in [0.05, 0.1) is 6.42 Å². The molecule has 4 rings (SSSR count). The third kappa shape index (κ3) is 5.55. The molecule has 0 bridgehead atoms. The van der Waals surface area contributed by atoms with Crippen LogP contribution in [0.5, 0.6) is 0 Å². The van der Waals surface area contributed by atoms with Crippen molar-refractivity contribution in [3.05, 3.63) is 83.3 Å². The van der Waals surface area contributed by atoms with Gasteiger partial charge in [0.1, 0.15) is 11.0 Å². The Morgan fingerprint density at radius 1 is 0.933 bits per heavy atom. The molecular weight excluding hydrogens is 398 g/mol. The zero-order valence-electron chi connectivity index (χ0n) is 16.7. The molecule has 0 radical (unpaired) electrons. The second kappa shape index (κ2) is 9.69. The van der Waals surface area contributed by atoms with E-state index in [-0.39, 0.29) is 12.3 Å². The third-order valence-electron chi connectivity index (χ3n) is 5.14. The molecule has 0 spiro atoms. The molecule has 2 aromatic heterocycles. The number of carbonyl (C=O) groups is 1. The molecule has 6 nitrogen and oxygen atoms in total. The highest BCUT2D eigenvalue weighted by molar-refractivity contribution is 6.29. The van der Waals surface area contributed by atoms with Crippen molar-refractivity contribution < 1.29 is 4.79 Å². The SMILES string of the molecule is O=C(Cc1ccc(Cl)nc1)Nc1ccc(CN2CCN(c3ccccn3)CC2)cc1. The number of nitrogens with one attached hydrogen (secondary N) is 1. The molecule has 0 atom stereocenters. The summed E-state index contributed by atoms with van der Waals surface area (Å²) in [6, 6.07) is 17.6. The van der Waals surface area contributed by atoms with Crippen molar-refractivity contribution in [2.75, 3.05) is 36.4 Å². The van der Waals surface area contributed by atoms with E-state index in [1.807, 2.05) is 36.5 Å². The van der Waals surface area contributed by atoms with E-state index in [0.717, 1.165) is 49.8 Å². The number of aromatic nitrogens is 2. The van der Waals surface area contributed by atoms with Crippen molar-refractivity contribution in [3.63, 3.8) is 0 Å². The van der Waals surface area contributed by atoms with Crippen LogP contribution in [-0.2, 0) is 17.8 Å². The van der Waals surface area contributed by atoms with Crippen molar-refractivity contribution in [2.45, 2.75) is 13.0 Å². The second-order valence-electron chi connectivity index (χ2n) is 7.36. The molecule has 1 aromatic carbocycles. The summed E-state index contributed by atoms with van der Waals surface area (Å²) in [6.07, 6.45) is 3.74. The Labute approximate surface area is 181 Å². The Morgan fingerprint density at radius 2 is 1.70 bits per heavy atom. The summed E-state index contributed by atoms with van der Waals surface area (Å²) in [4.78, 5) is 25.4. The molecule has 3 aromatic rings. The van der Waals surface area contributed by atoms with Crippen LogP contribution in [-0.4, -0.2) is 47.0 Å². The van der Waals surface area contributed by atoms with Gasteiger partial charge >= 0.3 is 0 Å². The van der Waals surface area contributed by atoms with Gasteiger partial charge < -0.3 is 10.2 Å². The molecule has 1 aliphatic heterocycles. The van der Waals surface area contributed by atoms with Gasteiger partial charge in [0.25, 0.3) is 0 Å². The number of anilines is 2. The Hall–Kier alpha value is -2.96. The van der Waals surface area contributed by atoms with Crippen LogP contribution in [0.2, 0.25) is 5.15 Å². The molecule has 0 unspecified atom stereocenters. The number of carbonyl (C=O) groups excluding carboxylic acids is 1. The second-order valence-corrected chi connectivity index (χ2v) is 7.75. The Bertz CT molecular complexity index is 955. The number of rotatable bonds is 6. The molecule has 1 amide bonds. The summed E-state index contributed by atoms with van der Waals surface area (Å²) in [7, 11) is 0. The Kier molecular flexibility index (Phi) is 6.57. The number of hydrogen-bond acceptors (Lipinski definition) is 5. The highest BCUT2D eigenvalue weighted by atomic mass is 35.5. The highest BCUT2D eigenvalue weighted by Crippen LogP contribution is 2.16. The fourth-order valence-corrected chi connectivity index (χ4v) is 3.64. The predicted molar refractivity (Wildman–Crippen MR) is 120 cm³/mol. The molecule has 7 heteroatoms. The first-order valence-corrected chi connectivity index (χ1v) is 10.4. The number of pyridine rings is 2. The molecule has 154 valence electrons. The van der Waals surface area contributed by atoms with Gasteiger partial charge in [0.2, 0.25) is 5.91 Å². The zero-order valence-corrected chi connectivity index (χ0v) is 17.4. The molecule has 1 saturated heterocycles. The average molecular weight is 422 g/mol. The van der Waals surface area contributed by atoms with Crippen LogP contribution in [0.15, 0.2) is 67.0 Å². The van der Waals surface area contributed by atoms with Crippen molar-refractivity contribution in [1.29, 1.82) is 0 Å². The van der Waals surface area contributed by atoms with E-state index >= 15 is 0 Å². The van der Waals surface area contributed by atoms with E-state index in [4.69, 9.17) is 11.6 Å². The zero-order chi connectivity index (χ0) is 20.8. The molecular formula is C23H24ClN5O. The summed E-state index contributed by atoms with van der Waals surface area (Å²) < 4.78 is 0. The van der Waals surface area contributed by atoms with E-state index in [1.54, 1.807) is 12.3 Å². The molecule has 0 aliphatic carbocycles. The van der Waals surface area contributed by atoms with E-state index in [0.29, 0.717) is 5.15 Å². The van der Waals surface area contributed by atoms with Crippen LogP contribution >= 0.6 is 11.6 Å². The van der Waals surface area contributed by atoms with E-state index in [9.17, 15) is 4.79 Å². The first-order chi connectivity index (χ1) is 14.7. The van der Waals surface area contributed by atoms with E-state index < -0.39 is 0 Å². The maximum absolute atomic E-state index is 12.2. The Balaban J connectivity index is 1.25. The first-order valence-electron chi connectivity index (χ1n) is 10.0. The maximum Gasteiger partial charge on any atom is 0.228 e. The quantitative estimate of drug-likeness (QED) is 0.616. The van der Waals surface area contributed by atoms with E-state index in [2.05, 4.69) is 43.3 Å². The average Bonchev–Trinajstić information content (AvgIpc) is 2.78. The van der Waals surface area contributed by atoms with Gasteiger partial charge in [-0.15, -0.1) is 0 Å².